The summed E-state index contributed by atoms with van der Waals surface area (Å²) in [4.78, 5) is 20.0. The molecule has 0 amide bonds. The van der Waals surface area contributed by atoms with Crippen LogP contribution in [0, 0.1) is 6.92 Å². The number of thiophene rings is 1. The van der Waals surface area contributed by atoms with Crippen molar-refractivity contribution in [3.8, 4) is 0 Å². The molecule has 0 aliphatic heterocycles. The third-order valence-corrected chi connectivity index (χ3v) is 4.19. The molecule has 0 aliphatic rings. The van der Waals surface area contributed by atoms with E-state index < -0.39 is 0 Å². The van der Waals surface area contributed by atoms with Gasteiger partial charge in [-0.25, -0.2) is 0 Å². The van der Waals surface area contributed by atoms with Crippen molar-refractivity contribution < 1.29 is 4.79 Å². The molecular weight excluding hydrogens is 336 g/mol. The molecule has 2 heterocycles. The van der Waals surface area contributed by atoms with Crippen molar-refractivity contribution in [2.45, 2.75) is 11.8 Å². The van der Waals surface area contributed by atoms with Crippen LogP contribution in [0.25, 0.3) is 6.08 Å². The Balaban J connectivity index is 0.000000181. The molecule has 0 bridgehead atoms. The van der Waals surface area contributed by atoms with Gasteiger partial charge in [0.15, 0.2) is 6.29 Å². The van der Waals surface area contributed by atoms with Crippen LogP contribution in [0.2, 0.25) is 0 Å². The lowest BCUT2D eigenvalue weighted by Crippen LogP contribution is -1.84. The summed E-state index contributed by atoms with van der Waals surface area (Å²) in [5.74, 6) is 0. The molecule has 0 unspecified atom stereocenters. The summed E-state index contributed by atoms with van der Waals surface area (Å²) in [5.41, 5.74) is 1.75. The fourth-order valence-electron chi connectivity index (χ4n) is 1.42. The van der Waals surface area contributed by atoms with Gasteiger partial charge in [0.2, 0.25) is 0 Å². The van der Waals surface area contributed by atoms with E-state index in [1.165, 1.54) is 16.2 Å². The van der Waals surface area contributed by atoms with Crippen LogP contribution < -0.4 is 0 Å². The van der Waals surface area contributed by atoms with Gasteiger partial charge in [-0.15, -0.1) is 23.1 Å². The first-order chi connectivity index (χ1) is 11.7. The monoisotopic (exact) mass is 356 g/mol. The normalized spacial score (nSPS) is 8.92. The Bertz CT molecular complexity index is 696. The fourth-order valence-corrected chi connectivity index (χ4v) is 2.38. The zero-order chi connectivity index (χ0) is 17.6. The second kappa shape index (κ2) is 12.2. The first-order valence-corrected chi connectivity index (χ1v) is 9.28. The van der Waals surface area contributed by atoms with Gasteiger partial charge in [0.05, 0.1) is 22.5 Å². The smallest absolute Gasteiger partial charge is 0.159 e. The summed E-state index contributed by atoms with van der Waals surface area (Å²) >= 11 is 3.22. The van der Waals surface area contributed by atoms with Crippen LogP contribution in [-0.2, 0) is 0 Å². The fraction of sp³-hybridized carbons (Fsp3) is 0.105. The van der Waals surface area contributed by atoms with E-state index in [9.17, 15) is 4.79 Å². The molecule has 0 N–H and O–H groups in total. The maximum atomic E-state index is 9.88. The molecule has 3 rings (SSSR count). The number of aldehydes is 1. The van der Waals surface area contributed by atoms with Crippen LogP contribution in [0.1, 0.15) is 21.1 Å². The Kier molecular flexibility index (Phi) is 10.1. The van der Waals surface area contributed by atoms with Crippen molar-refractivity contribution in [1.29, 1.82) is 0 Å². The number of carbonyl (C=O) groups is 1. The number of hydrogen-bond donors (Lipinski definition) is 0. The van der Waals surface area contributed by atoms with Gasteiger partial charge in [-0.05, 0) is 42.8 Å². The number of rotatable bonds is 3. The van der Waals surface area contributed by atoms with Gasteiger partial charge in [-0.2, -0.15) is 0 Å². The van der Waals surface area contributed by atoms with Crippen molar-refractivity contribution in [2.24, 2.45) is 0 Å². The van der Waals surface area contributed by atoms with Crippen LogP contribution in [-0.4, -0.2) is 22.5 Å². The SMILES string of the molecule is C=Cc1cnc(C)cn1.CSc1ccccc1.O=Cc1cccs1. The molecule has 0 saturated carbocycles. The van der Waals surface area contributed by atoms with E-state index in [2.05, 4.69) is 34.9 Å². The number of hydrogen-bond acceptors (Lipinski definition) is 5. The third kappa shape index (κ3) is 8.41. The van der Waals surface area contributed by atoms with Crippen molar-refractivity contribution in [3.63, 3.8) is 0 Å². The van der Waals surface area contributed by atoms with E-state index >= 15 is 0 Å². The Morgan fingerprint density at radius 2 is 1.83 bits per heavy atom. The Hall–Kier alpha value is -2.24. The van der Waals surface area contributed by atoms with E-state index in [4.69, 9.17) is 0 Å². The van der Waals surface area contributed by atoms with Crippen molar-refractivity contribution in [2.75, 3.05) is 6.26 Å². The van der Waals surface area contributed by atoms with Crippen molar-refractivity contribution >= 4 is 35.5 Å². The highest BCUT2D eigenvalue weighted by molar-refractivity contribution is 7.98. The predicted octanol–water partition coefficient (Wildman–Crippen LogP) is 5.40. The lowest BCUT2D eigenvalue weighted by molar-refractivity contribution is 0.112. The summed E-state index contributed by atoms with van der Waals surface area (Å²) in [6.07, 6.45) is 8.02. The average Bonchev–Trinajstić information content (AvgIpc) is 3.18. The molecule has 1 aromatic carbocycles. The minimum absolute atomic E-state index is 0.792. The maximum Gasteiger partial charge on any atom is 0.159 e. The third-order valence-electron chi connectivity index (χ3n) is 2.65. The summed E-state index contributed by atoms with van der Waals surface area (Å²) in [6.45, 7) is 5.46. The molecule has 5 heteroatoms. The van der Waals surface area contributed by atoms with Gasteiger partial charge in [0, 0.05) is 11.1 Å². The van der Waals surface area contributed by atoms with Crippen molar-refractivity contribution in [3.05, 3.63) is 83.1 Å². The van der Waals surface area contributed by atoms with E-state index in [1.807, 2.05) is 36.6 Å². The first kappa shape index (κ1) is 19.8. The topological polar surface area (TPSA) is 42.9 Å². The van der Waals surface area contributed by atoms with E-state index in [0.717, 1.165) is 22.6 Å². The highest BCUT2D eigenvalue weighted by atomic mass is 32.2. The minimum Gasteiger partial charge on any atom is -0.297 e. The van der Waals surface area contributed by atoms with Crippen molar-refractivity contribution in [1.82, 2.24) is 9.97 Å². The molecule has 0 saturated heterocycles. The second-order valence-electron chi connectivity index (χ2n) is 4.44. The summed E-state index contributed by atoms with van der Waals surface area (Å²) < 4.78 is 0. The zero-order valence-corrected chi connectivity index (χ0v) is 15.4. The van der Waals surface area contributed by atoms with E-state index in [0.29, 0.717) is 0 Å². The van der Waals surface area contributed by atoms with Gasteiger partial charge in [-0.3, -0.25) is 14.8 Å². The summed E-state index contributed by atoms with van der Waals surface area (Å²) in [6, 6.07) is 14.0. The Labute approximate surface area is 151 Å². The van der Waals surface area contributed by atoms with Gasteiger partial charge in [0.25, 0.3) is 0 Å². The number of carbonyl (C=O) groups excluding carboxylic acids is 1. The Morgan fingerprint density at radius 1 is 1.08 bits per heavy atom. The maximum absolute atomic E-state index is 9.88. The first-order valence-electron chi connectivity index (χ1n) is 7.18. The molecule has 0 radical (unpaired) electrons. The van der Waals surface area contributed by atoms with Crippen LogP contribution in [0.5, 0.6) is 0 Å². The van der Waals surface area contributed by atoms with Gasteiger partial charge >= 0.3 is 0 Å². The molecular formula is C19H20N2OS2. The van der Waals surface area contributed by atoms with Gasteiger partial charge < -0.3 is 0 Å². The van der Waals surface area contributed by atoms with Crippen LogP contribution in [0.15, 0.2) is 71.7 Å². The Morgan fingerprint density at radius 3 is 2.21 bits per heavy atom. The molecule has 124 valence electrons. The molecule has 0 aliphatic carbocycles. The molecule has 2 aromatic heterocycles. The average molecular weight is 357 g/mol. The van der Waals surface area contributed by atoms with E-state index in [-0.39, 0.29) is 0 Å². The summed E-state index contributed by atoms with van der Waals surface area (Å²) in [7, 11) is 0. The minimum atomic E-state index is 0.792. The lowest BCUT2D eigenvalue weighted by Gasteiger charge is -1.89. The van der Waals surface area contributed by atoms with Gasteiger partial charge in [0.1, 0.15) is 0 Å². The number of aromatic nitrogens is 2. The number of nitrogens with zero attached hydrogens (tertiary/aromatic N) is 2. The summed E-state index contributed by atoms with van der Waals surface area (Å²) in [5, 5.41) is 1.88. The number of aryl methyl sites for hydroxylation is 1. The molecule has 24 heavy (non-hydrogen) atoms. The van der Waals surface area contributed by atoms with Crippen LogP contribution >= 0.6 is 23.1 Å². The highest BCUT2D eigenvalue weighted by Crippen LogP contribution is 2.11. The van der Waals surface area contributed by atoms with Crippen LogP contribution in [0.3, 0.4) is 0 Å². The molecule has 0 fully saturated rings. The van der Waals surface area contributed by atoms with Crippen LogP contribution in [0.4, 0.5) is 0 Å². The number of thioether (sulfide) groups is 1. The largest absolute Gasteiger partial charge is 0.297 e. The molecule has 0 spiro atoms. The molecule has 3 aromatic rings. The number of benzene rings is 1. The lowest BCUT2D eigenvalue weighted by atomic mass is 10.4. The molecule has 0 atom stereocenters. The standard InChI is InChI=1S/C7H8N2.C7H8S.C5H4OS/c1-3-7-5-8-6(2)4-9-7;1-8-7-5-3-2-4-6-7;6-4-5-2-1-3-7-5/h3-5H,1H2,2H3;2-6H,1H3;1-4H. The highest BCUT2D eigenvalue weighted by Gasteiger charge is 1.85. The molecule has 3 nitrogen and oxygen atoms in total. The zero-order valence-electron chi connectivity index (χ0n) is 13.8. The second-order valence-corrected chi connectivity index (χ2v) is 6.30. The quantitative estimate of drug-likeness (QED) is 0.466. The van der Waals surface area contributed by atoms with Gasteiger partial charge in [-0.1, -0.05) is 30.8 Å². The predicted molar refractivity (Wildman–Crippen MR) is 105 cm³/mol. The van der Waals surface area contributed by atoms with E-state index in [1.54, 1.807) is 36.3 Å².